The van der Waals surface area contributed by atoms with E-state index >= 15 is 0 Å². The Hall–Kier alpha value is -0.370. The number of ether oxygens (including phenoxy) is 1. The summed E-state index contributed by atoms with van der Waals surface area (Å²) in [4.78, 5) is 1.32. The highest BCUT2D eigenvalue weighted by Crippen LogP contribution is 2.22. The van der Waals surface area contributed by atoms with Crippen LogP contribution < -0.4 is 0 Å². The topological polar surface area (TPSA) is 9.23 Å². The third-order valence-corrected chi connectivity index (χ3v) is 2.10. The van der Waals surface area contributed by atoms with Crippen LogP contribution >= 0.6 is 11.8 Å². The van der Waals surface area contributed by atoms with Crippen LogP contribution in [0.4, 0.5) is 0 Å². The van der Waals surface area contributed by atoms with E-state index in [1.807, 2.05) is 17.8 Å². The van der Waals surface area contributed by atoms with Gasteiger partial charge < -0.3 is 4.74 Å². The summed E-state index contributed by atoms with van der Waals surface area (Å²) < 4.78 is 5.11. The summed E-state index contributed by atoms with van der Waals surface area (Å²) in [5, 5.41) is 0.654. The van der Waals surface area contributed by atoms with E-state index in [1.54, 1.807) is 6.26 Å². The van der Waals surface area contributed by atoms with E-state index in [2.05, 4.69) is 19.9 Å². The average Bonchev–Trinajstić information content (AvgIpc) is 1.88. The minimum absolute atomic E-state index is 0.654. The fourth-order valence-corrected chi connectivity index (χ4v) is 1.66. The second kappa shape index (κ2) is 3.71. The predicted octanol–water partition coefficient (Wildman–Crippen LogP) is 2.56. The largest absolute Gasteiger partial charge is 0.496 e. The Morgan fingerprint density at radius 1 is 1.60 bits per heavy atom. The zero-order valence-electron chi connectivity index (χ0n) is 6.33. The molecule has 0 N–H and O–H groups in total. The summed E-state index contributed by atoms with van der Waals surface area (Å²) in [5.74, 6) is 0. The second-order valence-electron chi connectivity index (χ2n) is 2.44. The van der Waals surface area contributed by atoms with Crippen molar-refractivity contribution in [1.29, 1.82) is 0 Å². The summed E-state index contributed by atoms with van der Waals surface area (Å²) in [6.45, 7) is 5.12. The molecule has 1 aliphatic rings. The molecule has 0 amide bonds. The van der Waals surface area contributed by atoms with Crippen molar-refractivity contribution in [3.8, 4) is 0 Å². The van der Waals surface area contributed by atoms with Crippen LogP contribution in [0.5, 0.6) is 0 Å². The van der Waals surface area contributed by atoms with Gasteiger partial charge in [-0.2, -0.15) is 0 Å². The molecule has 0 aromatic heterocycles. The Bertz CT molecular complexity index is 159. The Balaban J connectivity index is 2.39. The van der Waals surface area contributed by atoms with Gasteiger partial charge in [-0.15, -0.1) is 11.8 Å². The fourth-order valence-electron chi connectivity index (χ4n) is 0.757. The van der Waals surface area contributed by atoms with Crippen molar-refractivity contribution in [3.05, 3.63) is 23.3 Å². The highest BCUT2D eigenvalue weighted by Gasteiger charge is 2.02. The standard InChI is InChI=1S/C8H12OS/c1-7(2)10-8-4-3-5-9-6-8/h3-5,7H,6H2,1-2H3. The molecular formula is C8H12OS. The molecule has 56 valence electrons. The minimum atomic E-state index is 0.654. The van der Waals surface area contributed by atoms with Crippen LogP contribution in [0.1, 0.15) is 13.8 Å². The number of hydrogen-bond donors (Lipinski definition) is 0. The summed E-state index contributed by atoms with van der Waals surface area (Å²) in [5.41, 5.74) is 0. The van der Waals surface area contributed by atoms with Crippen molar-refractivity contribution >= 4 is 11.8 Å². The first kappa shape index (κ1) is 7.73. The quantitative estimate of drug-likeness (QED) is 0.607. The van der Waals surface area contributed by atoms with Crippen molar-refractivity contribution in [1.82, 2.24) is 0 Å². The molecule has 0 fully saturated rings. The monoisotopic (exact) mass is 156 g/mol. The van der Waals surface area contributed by atoms with Gasteiger partial charge in [0, 0.05) is 10.2 Å². The average molecular weight is 156 g/mol. The lowest BCUT2D eigenvalue weighted by molar-refractivity contribution is 0.283. The lowest BCUT2D eigenvalue weighted by Gasteiger charge is -2.11. The van der Waals surface area contributed by atoms with Crippen LogP contribution in [0.25, 0.3) is 0 Å². The first-order valence-electron chi connectivity index (χ1n) is 3.43. The van der Waals surface area contributed by atoms with Crippen LogP contribution in [0.2, 0.25) is 0 Å². The summed E-state index contributed by atoms with van der Waals surface area (Å²) in [7, 11) is 0. The normalized spacial score (nSPS) is 16.9. The van der Waals surface area contributed by atoms with E-state index in [0.717, 1.165) is 6.61 Å². The van der Waals surface area contributed by atoms with Crippen molar-refractivity contribution in [2.24, 2.45) is 0 Å². The van der Waals surface area contributed by atoms with E-state index in [9.17, 15) is 0 Å². The Labute approximate surface area is 66.1 Å². The Kier molecular flexibility index (Phi) is 2.87. The van der Waals surface area contributed by atoms with Gasteiger partial charge >= 0.3 is 0 Å². The molecule has 0 spiro atoms. The molecule has 0 unspecified atom stereocenters. The van der Waals surface area contributed by atoms with E-state index < -0.39 is 0 Å². The molecule has 0 aromatic carbocycles. The number of thioether (sulfide) groups is 1. The molecule has 0 aromatic rings. The second-order valence-corrected chi connectivity index (χ2v) is 4.14. The number of allylic oxidation sites excluding steroid dienone is 2. The van der Waals surface area contributed by atoms with Gasteiger partial charge in [-0.05, 0) is 12.2 Å². The molecule has 2 heteroatoms. The SMILES string of the molecule is CC(C)SC1=CC=COC1. The number of hydrogen-bond acceptors (Lipinski definition) is 2. The van der Waals surface area contributed by atoms with Crippen LogP contribution in [-0.2, 0) is 4.74 Å². The molecule has 0 saturated carbocycles. The summed E-state index contributed by atoms with van der Waals surface area (Å²) in [6.07, 6.45) is 5.77. The third-order valence-electron chi connectivity index (χ3n) is 1.07. The summed E-state index contributed by atoms with van der Waals surface area (Å²) in [6, 6.07) is 0. The predicted molar refractivity (Wildman–Crippen MR) is 45.9 cm³/mol. The van der Waals surface area contributed by atoms with Crippen molar-refractivity contribution in [2.75, 3.05) is 6.61 Å². The molecule has 1 rings (SSSR count). The van der Waals surface area contributed by atoms with E-state index in [1.165, 1.54) is 4.91 Å². The van der Waals surface area contributed by atoms with Gasteiger partial charge in [0.1, 0.15) is 6.61 Å². The van der Waals surface area contributed by atoms with Gasteiger partial charge in [-0.1, -0.05) is 13.8 Å². The molecule has 0 radical (unpaired) electrons. The van der Waals surface area contributed by atoms with Gasteiger partial charge in [-0.3, -0.25) is 0 Å². The highest BCUT2D eigenvalue weighted by atomic mass is 32.2. The smallest absolute Gasteiger partial charge is 0.118 e. The van der Waals surface area contributed by atoms with Crippen LogP contribution in [0.15, 0.2) is 23.3 Å². The third kappa shape index (κ3) is 2.48. The molecular weight excluding hydrogens is 144 g/mol. The Morgan fingerprint density at radius 3 is 2.90 bits per heavy atom. The van der Waals surface area contributed by atoms with Crippen LogP contribution in [0.3, 0.4) is 0 Å². The van der Waals surface area contributed by atoms with Gasteiger partial charge in [-0.25, -0.2) is 0 Å². The van der Waals surface area contributed by atoms with E-state index in [0.29, 0.717) is 5.25 Å². The minimum Gasteiger partial charge on any atom is -0.496 e. The van der Waals surface area contributed by atoms with E-state index in [-0.39, 0.29) is 0 Å². The molecule has 0 saturated heterocycles. The maximum Gasteiger partial charge on any atom is 0.118 e. The lowest BCUT2D eigenvalue weighted by Crippen LogP contribution is -1.97. The first-order valence-corrected chi connectivity index (χ1v) is 4.31. The van der Waals surface area contributed by atoms with Crippen LogP contribution in [-0.4, -0.2) is 11.9 Å². The summed E-state index contributed by atoms with van der Waals surface area (Å²) >= 11 is 1.86. The molecule has 1 aliphatic heterocycles. The highest BCUT2D eigenvalue weighted by molar-refractivity contribution is 8.03. The number of rotatable bonds is 2. The maximum absolute atomic E-state index is 5.11. The molecule has 1 nitrogen and oxygen atoms in total. The first-order chi connectivity index (χ1) is 4.79. The van der Waals surface area contributed by atoms with E-state index in [4.69, 9.17) is 4.74 Å². The maximum atomic E-state index is 5.11. The van der Waals surface area contributed by atoms with Crippen molar-refractivity contribution in [3.63, 3.8) is 0 Å². The van der Waals surface area contributed by atoms with Crippen LogP contribution in [0, 0.1) is 0 Å². The molecule has 1 heterocycles. The molecule has 0 bridgehead atoms. The van der Waals surface area contributed by atoms with Crippen molar-refractivity contribution in [2.45, 2.75) is 19.1 Å². The Morgan fingerprint density at radius 2 is 2.40 bits per heavy atom. The molecule has 0 atom stereocenters. The van der Waals surface area contributed by atoms with Gasteiger partial charge in [0.05, 0.1) is 6.26 Å². The zero-order valence-corrected chi connectivity index (χ0v) is 7.15. The zero-order chi connectivity index (χ0) is 7.40. The fraction of sp³-hybridized carbons (Fsp3) is 0.500. The van der Waals surface area contributed by atoms with Gasteiger partial charge in [0.2, 0.25) is 0 Å². The van der Waals surface area contributed by atoms with Gasteiger partial charge in [0.15, 0.2) is 0 Å². The van der Waals surface area contributed by atoms with Crippen molar-refractivity contribution < 1.29 is 4.74 Å². The van der Waals surface area contributed by atoms with Gasteiger partial charge in [0.25, 0.3) is 0 Å². The lowest BCUT2D eigenvalue weighted by atomic mass is 10.4. The molecule has 0 aliphatic carbocycles. The molecule has 10 heavy (non-hydrogen) atoms.